The van der Waals surface area contributed by atoms with Crippen molar-refractivity contribution in [2.24, 2.45) is 0 Å². The molecule has 3 N–H and O–H groups in total. The largest absolute Gasteiger partial charge is 0.494 e. The Balaban J connectivity index is 2.52. The molecule has 1 aromatic rings. The molecule has 1 atom stereocenters. The Kier molecular flexibility index (Phi) is 6.05. The second-order valence-electron chi connectivity index (χ2n) is 3.99. The van der Waals surface area contributed by atoms with Crippen molar-refractivity contribution in [3.05, 3.63) is 18.2 Å². The van der Waals surface area contributed by atoms with Crippen LogP contribution in [-0.2, 0) is 0 Å². The Labute approximate surface area is 108 Å². The topological polar surface area (TPSA) is 47.3 Å². The molecule has 0 saturated heterocycles. The number of nitrogen functional groups attached to an aromatic ring is 1. The van der Waals surface area contributed by atoms with Gasteiger partial charge in [0.05, 0.1) is 6.61 Å². The smallest absolute Gasteiger partial charge is 0.123 e. The summed E-state index contributed by atoms with van der Waals surface area (Å²) in [6.07, 6.45) is 3.28. The van der Waals surface area contributed by atoms with Crippen molar-refractivity contribution in [1.82, 2.24) is 0 Å². The third-order valence-corrected chi connectivity index (χ3v) is 3.56. The van der Waals surface area contributed by atoms with Gasteiger partial charge in [0, 0.05) is 35.3 Å². The Bertz CT molecular complexity index is 344. The lowest BCUT2D eigenvalue weighted by Gasteiger charge is -2.12. The first-order valence-electron chi connectivity index (χ1n) is 5.95. The molecule has 1 aromatic carbocycles. The van der Waals surface area contributed by atoms with E-state index < -0.39 is 0 Å². The zero-order valence-corrected chi connectivity index (χ0v) is 11.6. The highest BCUT2D eigenvalue weighted by Gasteiger charge is 2.01. The predicted octanol–water partition coefficient (Wildman–Crippen LogP) is 3.22. The number of thioether (sulfide) groups is 1. The first-order chi connectivity index (χ1) is 8.15. The lowest BCUT2D eigenvalue weighted by molar-refractivity contribution is 0.340. The van der Waals surface area contributed by atoms with E-state index in [2.05, 4.69) is 18.5 Å². The van der Waals surface area contributed by atoms with Crippen molar-refractivity contribution in [3.63, 3.8) is 0 Å². The van der Waals surface area contributed by atoms with Crippen LogP contribution < -0.4 is 15.8 Å². The zero-order valence-electron chi connectivity index (χ0n) is 10.8. The maximum atomic E-state index is 5.82. The van der Waals surface area contributed by atoms with Crippen molar-refractivity contribution in [3.8, 4) is 5.75 Å². The highest BCUT2D eigenvalue weighted by atomic mass is 32.2. The van der Waals surface area contributed by atoms with Crippen molar-refractivity contribution in [2.45, 2.75) is 25.5 Å². The van der Waals surface area contributed by atoms with Crippen LogP contribution in [0.1, 0.15) is 20.3 Å². The average molecular weight is 254 g/mol. The third kappa shape index (κ3) is 5.22. The molecule has 0 aliphatic rings. The molecule has 0 spiro atoms. The van der Waals surface area contributed by atoms with Gasteiger partial charge < -0.3 is 15.8 Å². The van der Waals surface area contributed by atoms with Gasteiger partial charge in [0.1, 0.15) is 5.75 Å². The summed E-state index contributed by atoms with van der Waals surface area (Å²) < 4.78 is 5.45. The minimum atomic E-state index is 0.659. The van der Waals surface area contributed by atoms with Gasteiger partial charge >= 0.3 is 0 Å². The van der Waals surface area contributed by atoms with Crippen LogP contribution in [0, 0.1) is 0 Å². The molecule has 3 nitrogen and oxygen atoms in total. The molecule has 0 aliphatic carbocycles. The first-order valence-corrected chi connectivity index (χ1v) is 7.24. The number of hydrogen-bond donors (Lipinski definition) is 2. The molecular formula is C13H22N2OS. The molecule has 96 valence electrons. The number of anilines is 2. The number of hydrogen-bond acceptors (Lipinski definition) is 4. The molecule has 1 rings (SSSR count). The SMILES string of the molecule is CCOc1cc(N)cc(NCCC(C)SC)c1. The van der Waals surface area contributed by atoms with Crippen molar-refractivity contribution < 1.29 is 4.74 Å². The Morgan fingerprint density at radius 3 is 2.82 bits per heavy atom. The maximum Gasteiger partial charge on any atom is 0.123 e. The molecule has 0 amide bonds. The average Bonchev–Trinajstić information content (AvgIpc) is 2.28. The summed E-state index contributed by atoms with van der Waals surface area (Å²) in [5.41, 5.74) is 7.59. The molecule has 4 heteroatoms. The van der Waals surface area contributed by atoms with Gasteiger partial charge in [0.25, 0.3) is 0 Å². The summed E-state index contributed by atoms with van der Waals surface area (Å²) in [6.45, 7) is 5.82. The summed E-state index contributed by atoms with van der Waals surface area (Å²) in [4.78, 5) is 0. The number of benzene rings is 1. The van der Waals surface area contributed by atoms with Gasteiger partial charge in [-0.2, -0.15) is 11.8 Å². The van der Waals surface area contributed by atoms with Crippen LogP contribution in [0.3, 0.4) is 0 Å². The van der Waals surface area contributed by atoms with Gasteiger partial charge in [-0.25, -0.2) is 0 Å². The normalized spacial score (nSPS) is 12.2. The summed E-state index contributed by atoms with van der Waals surface area (Å²) >= 11 is 1.88. The van der Waals surface area contributed by atoms with E-state index >= 15 is 0 Å². The highest BCUT2D eigenvalue weighted by Crippen LogP contribution is 2.22. The van der Waals surface area contributed by atoms with Crippen LogP contribution in [0.25, 0.3) is 0 Å². The molecule has 1 unspecified atom stereocenters. The van der Waals surface area contributed by atoms with Gasteiger partial charge in [-0.15, -0.1) is 0 Å². The van der Waals surface area contributed by atoms with Crippen LogP contribution in [0.4, 0.5) is 11.4 Å². The monoisotopic (exact) mass is 254 g/mol. The van der Waals surface area contributed by atoms with E-state index in [4.69, 9.17) is 10.5 Å². The standard InChI is InChI=1S/C13H22N2OS/c1-4-16-13-8-11(14)7-12(9-13)15-6-5-10(2)17-3/h7-10,15H,4-6,14H2,1-3H3. The first kappa shape index (κ1) is 14.0. The molecule has 17 heavy (non-hydrogen) atoms. The van der Waals surface area contributed by atoms with E-state index in [1.807, 2.05) is 36.9 Å². The van der Waals surface area contributed by atoms with E-state index in [0.717, 1.165) is 30.1 Å². The molecule has 0 aliphatic heterocycles. The molecule has 0 bridgehead atoms. The Morgan fingerprint density at radius 1 is 1.41 bits per heavy atom. The van der Waals surface area contributed by atoms with Crippen molar-refractivity contribution >= 4 is 23.1 Å². The number of nitrogens with one attached hydrogen (secondary N) is 1. The molecule has 0 radical (unpaired) electrons. The number of rotatable bonds is 7. The van der Waals surface area contributed by atoms with Crippen LogP contribution in [-0.4, -0.2) is 24.7 Å². The molecule has 0 saturated carbocycles. The Morgan fingerprint density at radius 2 is 2.18 bits per heavy atom. The Hall–Kier alpha value is -1.03. The number of ether oxygens (including phenoxy) is 1. The lowest BCUT2D eigenvalue weighted by Crippen LogP contribution is -2.08. The molecule has 0 heterocycles. The van der Waals surface area contributed by atoms with Crippen LogP contribution >= 0.6 is 11.8 Å². The van der Waals surface area contributed by atoms with E-state index in [1.165, 1.54) is 0 Å². The van der Waals surface area contributed by atoms with E-state index in [1.54, 1.807) is 0 Å². The second-order valence-corrected chi connectivity index (χ2v) is 5.26. The summed E-state index contributed by atoms with van der Waals surface area (Å²) in [6, 6.07) is 5.77. The highest BCUT2D eigenvalue weighted by molar-refractivity contribution is 7.99. The fraction of sp³-hybridized carbons (Fsp3) is 0.538. The second kappa shape index (κ2) is 7.33. The van der Waals surface area contributed by atoms with E-state index in [9.17, 15) is 0 Å². The third-order valence-electron chi connectivity index (χ3n) is 2.52. The van der Waals surface area contributed by atoms with E-state index in [0.29, 0.717) is 11.9 Å². The lowest BCUT2D eigenvalue weighted by atomic mass is 10.2. The van der Waals surface area contributed by atoms with Gasteiger partial charge in [-0.05, 0) is 25.7 Å². The van der Waals surface area contributed by atoms with Gasteiger partial charge in [0.15, 0.2) is 0 Å². The molecular weight excluding hydrogens is 232 g/mol. The van der Waals surface area contributed by atoms with Gasteiger partial charge in [-0.3, -0.25) is 0 Å². The van der Waals surface area contributed by atoms with Crippen LogP contribution in [0.15, 0.2) is 18.2 Å². The minimum Gasteiger partial charge on any atom is -0.494 e. The minimum absolute atomic E-state index is 0.659. The summed E-state index contributed by atoms with van der Waals surface area (Å²) in [5.74, 6) is 0.827. The van der Waals surface area contributed by atoms with Crippen molar-refractivity contribution in [1.29, 1.82) is 0 Å². The van der Waals surface area contributed by atoms with Crippen LogP contribution in [0.2, 0.25) is 0 Å². The predicted molar refractivity (Wildman–Crippen MR) is 78.1 cm³/mol. The molecule has 0 aromatic heterocycles. The van der Waals surface area contributed by atoms with Crippen molar-refractivity contribution in [2.75, 3.05) is 30.5 Å². The van der Waals surface area contributed by atoms with E-state index in [-0.39, 0.29) is 0 Å². The van der Waals surface area contributed by atoms with Crippen LogP contribution in [0.5, 0.6) is 5.75 Å². The summed E-state index contributed by atoms with van der Waals surface area (Å²) in [7, 11) is 0. The zero-order chi connectivity index (χ0) is 12.7. The fourth-order valence-electron chi connectivity index (χ4n) is 1.51. The fourth-order valence-corrected chi connectivity index (χ4v) is 1.87. The van der Waals surface area contributed by atoms with Gasteiger partial charge in [0.2, 0.25) is 0 Å². The summed E-state index contributed by atoms with van der Waals surface area (Å²) in [5, 5.41) is 4.05. The molecule has 0 fully saturated rings. The van der Waals surface area contributed by atoms with Gasteiger partial charge in [-0.1, -0.05) is 6.92 Å². The number of nitrogens with two attached hydrogens (primary N) is 1. The maximum absolute atomic E-state index is 5.82. The quantitative estimate of drug-likeness (QED) is 0.733.